The number of nitrogens with one attached hydrogen (secondary N) is 1. The number of piperidine rings is 1. The van der Waals surface area contributed by atoms with Crippen LogP contribution in [0.15, 0.2) is 36.8 Å². The minimum Gasteiger partial charge on any atom is -0.378 e. The Bertz CT molecular complexity index is 1350. The second-order valence-corrected chi connectivity index (χ2v) is 9.00. The van der Waals surface area contributed by atoms with Gasteiger partial charge in [-0.05, 0) is 38.1 Å². The first kappa shape index (κ1) is 22.0. The van der Waals surface area contributed by atoms with E-state index in [1.807, 2.05) is 18.5 Å². The normalized spacial score (nSPS) is 18.3. The molecule has 0 atom stereocenters. The van der Waals surface area contributed by atoms with Crippen LogP contribution in [0.2, 0.25) is 0 Å². The number of aromatic nitrogens is 6. The van der Waals surface area contributed by atoms with Crippen molar-refractivity contribution in [1.29, 1.82) is 0 Å². The SMILES string of the molecule is Nc1nc2c(-c3ccc(C(F)(F)F)nc3)cc(-c3c[nH]nc3C3CCN(C4COC4)CC3)cn2n1. The van der Waals surface area contributed by atoms with Crippen molar-refractivity contribution in [2.45, 2.75) is 31.0 Å². The lowest BCUT2D eigenvalue weighted by molar-refractivity contribution is -0.141. The Morgan fingerprint density at radius 3 is 2.54 bits per heavy atom. The van der Waals surface area contributed by atoms with E-state index < -0.39 is 11.9 Å². The van der Waals surface area contributed by atoms with Gasteiger partial charge < -0.3 is 10.5 Å². The first-order valence-corrected chi connectivity index (χ1v) is 11.4. The van der Waals surface area contributed by atoms with Crippen molar-refractivity contribution in [3.05, 3.63) is 48.2 Å². The summed E-state index contributed by atoms with van der Waals surface area (Å²) in [5.41, 5.74) is 9.11. The average Bonchev–Trinajstić information content (AvgIpc) is 3.43. The minimum atomic E-state index is -4.51. The number of anilines is 1. The number of aromatic amines is 1. The smallest absolute Gasteiger partial charge is 0.378 e. The maximum absolute atomic E-state index is 13.0. The summed E-state index contributed by atoms with van der Waals surface area (Å²) in [6.45, 7) is 3.60. The number of ether oxygens (including phenoxy) is 1. The van der Waals surface area contributed by atoms with Gasteiger partial charge in [-0.2, -0.15) is 23.3 Å². The monoisotopic (exact) mass is 484 g/mol. The molecule has 3 N–H and O–H groups in total. The molecule has 6 rings (SSSR count). The first-order chi connectivity index (χ1) is 16.9. The number of H-pyrrole nitrogens is 1. The van der Waals surface area contributed by atoms with Gasteiger partial charge in [-0.15, -0.1) is 5.10 Å². The lowest BCUT2D eigenvalue weighted by Crippen LogP contribution is -2.51. The molecule has 0 unspecified atom stereocenters. The fourth-order valence-corrected chi connectivity index (χ4v) is 4.90. The van der Waals surface area contributed by atoms with E-state index in [1.165, 1.54) is 12.3 Å². The molecule has 0 spiro atoms. The Labute approximate surface area is 198 Å². The number of nitrogens with zero attached hydrogens (tertiary/aromatic N) is 6. The number of nitrogen functional groups attached to an aromatic ring is 1. The van der Waals surface area contributed by atoms with Crippen LogP contribution in [0.3, 0.4) is 0 Å². The molecule has 0 aromatic carbocycles. The molecule has 0 radical (unpaired) electrons. The van der Waals surface area contributed by atoms with Crippen LogP contribution >= 0.6 is 0 Å². The van der Waals surface area contributed by atoms with Gasteiger partial charge in [0.1, 0.15) is 5.69 Å². The van der Waals surface area contributed by atoms with Crippen LogP contribution in [0.1, 0.15) is 30.1 Å². The molecule has 0 aliphatic carbocycles. The molecule has 4 aromatic heterocycles. The second-order valence-electron chi connectivity index (χ2n) is 9.00. The highest BCUT2D eigenvalue weighted by Crippen LogP contribution is 2.37. The standard InChI is InChI=1S/C23H23F3N8O/c24-23(25,26)19-2-1-14(8-28-19)17-7-15(10-34-21(17)30-22(27)32-34)18-9-29-31-20(18)13-3-5-33(6-4-13)16-11-35-12-16/h1-2,7-10,13,16H,3-6,11-12H2,(H2,27,32)(H,29,31). The van der Waals surface area contributed by atoms with Crippen LogP contribution in [0.4, 0.5) is 19.1 Å². The molecule has 0 saturated carbocycles. The van der Waals surface area contributed by atoms with Crippen LogP contribution in [0.25, 0.3) is 27.9 Å². The molecular formula is C23H23F3N8O. The Morgan fingerprint density at radius 2 is 1.89 bits per heavy atom. The predicted molar refractivity (Wildman–Crippen MR) is 121 cm³/mol. The van der Waals surface area contributed by atoms with E-state index in [4.69, 9.17) is 10.5 Å². The van der Waals surface area contributed by atoms with E-state index in [2.05, 4.69) is 30.2 Å². The van der Waals surface area contributed by atoms with Crippen LogP contribution < -0.4 is 5.73 Å². The largest absolute Gasteiger partial charge is 0.433 e. The Hall–Kier alpha value is -3.51. The predicted octanol–water partition coefficient (Wildman–Crippen LogP) is 3.36. The van der Waals surface area contributed by atoms with E-state index in [0.717, 1.165) is 62.0 Å². The third-order valence-electron chi connectivity index (χ3n) is 6.85. The van der Waals surface area contributed by atoms with Gasteiger partial charge in [-0.25, -0.2) is 4.52 Å². The molecule has 4 aromatic rings. The molecular weight excluding hydrogens is 461 g/mol. The highest BCUT2D eigenvalue weighted by molar-refractivity contribution is 5.82. The summed E-state index contributed by atoms with van der Waals surface area (Å²) >= 11 is 0. The van der Waals surface area contributed by atoms with Gasteiger partial charge in [0.15, 0.2) is 5.65 Å². The first-order valence-electron chi connectivity index (χ1n) is 11.4. The third-order valence-corrected chi connectivity index (χ3v) is 6.85. The lowest BCUT2D eigenvalue weighted by atomic mass is 9.89. The summed E-state index contributed by atoms with van der Waals surface area (Å²) in [4.78, 5) is 10.4. The minimum absolute atomic E-state index is 0.0723. The van der Waals surface area contributed by atoms with Gasteiger partial charge in [0.05, 0.1) is 24.9 Å². The number of halogens is 3. The number of hydrogen-bond donors (Lipinski definition) is 2. The Kier molecular flexibility index (Phi) is 5.22. The van der Waals surface area contributed by atoms with E-state index in [9.17, 15) is 13.2 Å². The van der Waals surface area contributed by atoms with Crippen LogP contribution in [0, 0.1) is 0 Å². The number of nitrogens with two attached hydrogens (primary N) is 1. The van der Waals surface area contributed by atoms with Crippen molar-refractivity contribution in [2.24, 2.45) is 0 Å². The van der Waals surface area contributed by atoms with Gasteiger partial charge in [-0.3, -0.25) is 15.0 Å². The lowest BCUT2D eigenvalue weighted by Gasteiger charge is -2.41. The van der Waals surface area contributed by atoms with Gasteiger partial charge in [-0.1, -0.05) is 6.07 Å². The van der Waals surface area contributed by atoms with Crippen molar-refractivity contribution in [3.8, 4) is 22.3 Å². The topological polar surface area (TPSA) is 110 Å². The number of rotatable bonds is 4. The molecule has 2 aliphatic heterocycles. The highest BCUT2D eigenvalue weighted by Gasteiger charge is 2.33. The number of hydrogen-bond acceptors (Lipinski definition) is 7. The maximum Gasteiger partial charge on any atom is 0.433 e. The number of alkyl halides is 3. The van der Waals surface area contributed by atoms with Gasteiger partial charge in [0, 0.05) is 46.8 Å². The van der Waals surface area contributed by atoms with E-state index in [1.54, 1.807) is 4.52 Å². The molecule has 2 fully saturated rings. The highest BCUT2D eigenvalue weighted by atomic mass is 19.4. The Balaban J connectivity index is 1.36. The summed E-state index contributed by atoms with van der Waals surface area (Å²) in [6, 6.07) is 4.75. The molecule has 35 heavy (non-hydrogen) atoms. The van der Waals surface area contributed by atoms with Crippen molar-refractivity contribution in [2.75, 3.05) is 32.0 Å². The fraction of sp³-hybridized carbons (Fsp3) is 0.391. The molecule has 6 heterocycles. The maximum atomic E-state index is 13.0. The third kappa shape index (κ3) is 4.02. The number of pyridine rings is 2. The van der Waals surface area contributed by atoms with Crippen molar-refractivity contribution >= 4 is 11.6 Å². The molecule has 0 bridgehead atoms. The Morgan fingerprint density at radius 1 is 1.09 bits per heavy atom. The molecule has 2 saturated heterocycles. The fourth-order valence-electron chi connectivity index (χ4n) is 4.90. The zero-order valence-corrected chi connectivity index (χ0v) is 18.7. The summed E-state index contributed by atoms with van der Waals surface area (Å²) in [5, 5.41) is 11.8. The number of likely N-dealkylation sites (tertiary alicyclic amines) is 1. The molecule has 12 heteroatoms. The second kappa shape index (κ2) is 8.31. The average molecular weight is 484 g/mol. The van der Waals surface area contributed by atoms with E-state index >= 15 is 0 Å². The molecule has 0 amide bonds. The number of fused-ring (bicyclic) bond motifs is 1. The van der Waals surface area contributed by atoms with E-state index in [0.29, 0.717) is 28.7 Å². The van der Waals surface area contributed by atoms with Crippen LogP contribution in [0.5, 0.6) is 0 Å². The molecule has 9 nitrogen and oxygen atoms in total. The van der Waals surface area contributed by atoms with Crippen molar-refractivity contribution < 1.29 is 17.9 Å². The van der Waals surface area contributed by atoms with Gasteiger partial charge in [0.2, 0.25) is 5.95 Å². The zero-order valence-electron chi connectivity index (χ0n) is 18.7. The molecule has 182 valence electrons. The summed E-state index contributed by atoms with van der Waals surface area (Å²) in [7, 11) is 0. The summed E-state index contributed by atoms with van der Waals surface area (Å²) in [5.74, 6) is 0.365. The van der Waals surface area contributed by atoms with Gasteiger partial charge in [0.25, 0.3) is 0 Å². The summed E-state index contributed by atoms with van der Waals surface area (Å²) in [6.07, 6.45) is 2.32. The van der Waals surface area contributed by atoms with Crippen LogP contribution in [-0.2, 0) is 10.9 Å². The quantitative estimate of drug-likeness (QED) is 0.457. The van der Waals surface area contributed by atoms with E-state index in [-0.39, 0.29) is 5.95 Å². The van der Waals surface area contributed by atoms with Crippen molar-refractivity contribution in [1.82, 2.24) is 34.7 Å². The van der Waals surface area contributed by atoms with Gasteiger partial charge >= 0.3 is 6.18 Å². The van der Waals surface area contributed by atoms with Crippen molar-refractivity contribution in [3.63, 3.8) is 0 Å². The summed E-state index contributed by atoms with van der Waals surface area (Å²) < 4.78 is 45.9. The zero-order chi connectivity index (χ0) is 24.2. The molecule has 2 aliphatic rings. The van der Waals surface area contributed by atoms with Crippen LogP contribution in [-0.4, -0.2) is 67.0 Å².